The molecule has 1 atom stereocenters. The molecule has 0 amide bonds. The molecule has 1 unspecified atom stereocenters. The number of halogens is 1. The summed E-state index contributed by atoms with van der Waals surface area (Å²) in [5, 5.41) is 0. The summed E-state index contributed by atoms with van der Waals surface area (Å²) in [5.41, 5.74) is 9.03. The highest BCUT2D eigenvalue weighted by molar-refractivity contribution is 5.39. The lowest BCUT2D eigenvalue weighted by atomic mass is 9.95. The number of nitrogens with two attached hydrogens (primary N) is 1. The molecule has 2 N–H and O–H groups in total. The minimum atomic E-state index is -0.339. The number of hydrogen-bond acceptors (Lipinski definition) is 2. The Balaban J connectivity index is 1.88. The molecule has 0 radical (unpaired) electrons. The first-order valence-corrected chi connectivity index (χ1v) is 6.92. The van der Waals surface area contributed by atoms with Gasteiger partial charge in [0, 0.05) is 0 Å². The smallest absolute Gasteiger partial charge is 0.123 e. The molecule has 20 heavy (non-hydrogen) atoms. The fourth-order valence-electron chi connectivity index (χ4n) is 2.29. The third kappa shape index (κ3) is 2.83. The van der Waals surface area contributed by atoms with E-state index in [0.29, 0.717) is 6.10 Å². The molecule has 2 nitrogen and oxygen atoms in total. The second kappa shape index (κ2) is 5.25. The zero-order valence-electron chi connectivity index (χ0n) is 11.5. The van der Waals surface area contributed by atoms with Crippen LogP contribution in [0.3, 0.4) is 0 Å². The predicted molar refractivity (Wildman–Crippen MR) is 77.3 cm³/mol. The maximum atomic E-state index is 13.4. The average Bonchev–Trinajstić information content (AvgIpc) is 3.25. The van der Waals surface area contributed by atoms with Crippen LogP contribution < -0.4 is 10.5 Å². The minimum absolute atomic E-state index is 0.258. The first-order valence-electron chi connectivity index (χ1n) is 6.92. The number of benzene rings is 2. The van der Waals surface area contributed by atoms with E-state index in [4.69, 9.17) is 10.5 Å². The van der Waals surface area contributed by atoms with E-state index in [1.165, 1.54) is 12.1 Å². The molecule has 2 aromatic carbocycles. The van der Waals surface area contributed by atoms with Crippen molar-refractivity contribution >= 4 is 0 Å². The Bertz CT molecular complexity index is 622. The lowest BCUT2D eigenvalue weighted by molar-refractivity contribution is 0.303. The van der Waals surface area contributed by atoms with Crippen LogP contribution in [0.4, 0.5) is 4.39 Å². The fraction of sp³-hybridized carbons (Fsp3) is 0.294. The lowest BCUT2D eigenvalue weighted by Gasteiger charge is -2.16. The second-order valence-corrected chi connectivity index (χ2v) is 5.37. The maximum absolute atomic E-state index is 13.4. The maximum Gasteiger partial charge on any atom is 0.123 e. The van der Waals surface area contributed by atoms with Gasteiger partial charge in [0.05, 0.1) is 12.1 Å². The summed E-state index contributed by atoms with van der Waals surface area (Å²) in [4.78, 5) is 0. The van der Waals surface area contributed by atoms with Gasteiger partial charge < -0.3 is 10.5 Å². The van der Waals surface area contributed by atoms with Crippen LogP contribution in [0.15, 0.2) is 42.5 Å². The van der Waals surface area contributed by atoms with Crippen LogP contribution in [0.5, 0.6) is 5.75 Å². The molecule has 104 valence electrons. The number of rotatable bonds is 4. The van der Waals surface area contributed by atoms with E-state index >= 15 is 0 Å². The lowest BCUT2D eigenvalue weighted by Crippen LogP contribution is -2.13. The van der Waals surface area contributed by atoms with Gasteiger partial charge in [0.2, 0.25) is 0 Å². The molecule has 0 saturated heterocycles. The van der Waals surface area contributed by atoms with Gasteiger partial charge in [0.15, 0.2) is 0 Å². The molecule has 1 saturated carbocycles. The summed E-state index contributed by atoms with van der Waals surface area (Å²) in [7, 11) is 0. The topological polar surface area (TPSA) is 35.2 Å². The Morgan fingerprint density at radius 3 is 2.75 bits per heavy atom. The number of ether oxygens (including phenoxy) is 1. The van der Waals surface area contributed by atoms with Gasteiger partial charge in [-0.15, -0.1) is 0 Å². The van der Waals surface area contributed by atoms with Crippen molar-refractivity contribution in [1.29, 1.82) is 0 Å². The van der Waals surface area contributed by atoms with Gasteiger partial charge in [0.25, 0.3) is 0 Å². The monoisotopic (exact) mass is 271 g/mol. The zero-order valence-corrected chi connectivity index (χ0v) is 11.5. The summed E-state index contributed by atoms with van der Waals surface area (Å²) in [6.45, 7) is 1.94. The highest BCUT2D eigenvalue weighted by Crippen LogP contribution is 2.30. The highest BCUT2D eigenvalue weighted by atomic mass is 19.1. The van der Waals surface area contributed by atoms with Crippen LogP contribution in [0.1, 0.15) is 35.6 Å². The van der Waals surface area contributed by atoms with E-state index in [-0.39, 0.29) is 11.9 Å². The fourth-order valence-corrected chi connectivity index (χ4v) is 2.29. The van der Waals surface area contributed by atoms with Crippen LogP contribution >= 0.6 is 0 Å². The van der Waals surface area contributed by atoms with Gasteiger partial charge in [-0.2, -0.15) is 0 Å². The molecule has 0 spiro atoms. The highest BCUT2D eigenvalue weighted by Gasteiger charge is 2.23. The van der Waals surface area contributed by atoms with E-state index in [0.717, 1.165) is 35.3 Å². The van der Waals surface area contributed by atoms with Crippen molar-refractivity contribution in [2.24, 2.45) is 5.73 Å². The molecule has 3 rings (SSSR count). The van der Waals surface area contributed by atoms with Gasteiger partial charge in [-0.1, -0.05) is 18.2 Å². The van der Waals surface area contributed by atoms with E-state index in [1.807, 2.05) is 31.2 Å². The molecule has 0 bridgehead atoms. The standard InChI is InChI=1S/C17H18FNO/c1-11-5-6-13(18)10-16(11)17(19)12-3-2-4-15(9-12)20-14-7-8-14/h2-6,9-10,14,17H,7-8,19H2,1H3. The average molecular weight is 271 g/mol. The van der Waals surface area contributed by atoms with Crippen molar-refractivity contribution in [1.82, 2.24) is 0 Å². The van der Waals surface area contributed by atoms with Gasteiger partial charge >= 0.3 is 0 Å². The molecular formula is C17H18FNO. The van der Waals surface area contributed by atoms with Crippen LogP contribution in [0.2, 0.25) is 0 Å². The first-order chi connectivity index (χ1) is 9.63. The van der Waals surface area contributed by atoms with Crippen LogP contribution in [-0.2, 0) is 0 Å². The Kier molecular flexibility index (Phi) is 3.45. The van der Waals surface area contributed by atoms with Crippen LogP contribution in [0.25, 0.3) is 0 Å². The predicted octanol–water partition coefficient (Wildman–Crippen LogP) is 3.72. The zero-order chi connectivity index (χ0) is 14.1. The summed E-state index contributed by atoms with van der Waals surface area (Å²) in [6, 6.07) is 12.2. The summed E-state index contributed by atoms with van der Waals surface area (Å²) < 4.78 is 19.2. The SMILES string of the molecule is Cc1ccc(F)cc1C(N)c1cccc(OC2CC2)c1. The van der Waals surface area contributed by atoms with Crippen molar-refractivity contribution in [2.45, 2.75) is 31.9 Å². The summed E-state index contributed by atoms with van der Waals surface area (Å²) in [5.74, 6) is 0.584. The molecule has 1 aliphatic carbocycles. The normalized spacial score (nSPS) is 15.9. The molecule has 0 heterocycles. The molecule has 3 heteroatoms. The minimum Gasteiger partial charge on any atom is -0.490 e. The van der Waals surface area contributed by atoms with E-state index < -0.39 is 0 Å². The Morgan fingerprint density at radius 1 is 1.20 bits per heavy atom. The number of aryl methyl sites for hydroxylation is 1. The third-order valence-electron chi connectivity index (χ3n) is 3.62. The molecule has 1 aliphatic rings. The number of hydrogen-bond donors (Lipinski definition) is 1. The van der Waals surface area contributed by atoms with Gasteiger partial charge in [-0.25, -0.2) is 4.39 Å². The molecule has 2 aromatic rings. The summed E-state index contributed by atoms with van der Waals surface area (Å²) in [6.07, 6.45) is 2.61. The van der Waals surface area contributed by atoms with E-state index in [2.05, 4.69) is 0 Å². The third-order valence-corrected chi connectivity index (χ3v) is 3.62. The van der Waals surface area contributed by atoms with Crippen molar-refractivity contribution in [2.75, 3.05) is 0 Å². The van der Waals surface area contributed by atoms with Gasteiger partial charge in [-0.3, -0.25) is 0 Å². The Labute approximate surface area is 118 Å². The summed E-state index contributed by atoms with van der Waals surface area (Å²) >= 11 is 0. The van der Waals surface area contributed by atoms with Crippen molar-refractivity contribution < 1.29 is 9.13 Å². The Morgan fingerprint density at radius 2 is 2.00 bits per heavy atom. The first kappa shape index (κ1) is 13.1. The largest absolute Gasteiger partial charge is 0.490 e. The van der Waals surface area contributed by atoms with Crippen LogP contribution in [-0.4, -0.2) is 6.10 Å². The quantitative estimate of drug-likeness (QED) is 0.919. The molecule has 0 aliphatic heterocycles. The van der Waals surface area contributed by atoms with Crippen LogP contribution in [0, 0.1) is 12.7 Å². The van der Waals surface area contributed by atoms with Crippen molar-refractivity contribution in [3.8, 4) is 5.75 Å². The van der Waals surface area contributed by atoms with E-state index in [9.17, 15) is 4.39 Å². The van der Waals surface area contributed by atoms with E-state index in [1.54, 1.807) is 6.07 Å². The second-order valence-electron chi connectivity index (χ2n) is 5.37. The van der Waals surface area contributed by atoms with Crippen molar-refractivity contribution in [3.63, 3.8) is 0 Å². The molecular weight excluding hydrogens is 253 g/mol. The van der Waals surface area contributed by atoms with Gasteiger partial charge in [0.1, 0.15) is 11.6 Å². The van der Waals surface area contributed by atoms with Crippen molar-refractivity contribution in [3.05, 3.63) is 65.0 Å². The molecule has 1 fully saturated rings. The Hall–Kier alpha value is -1.87. The van der Waals surface area contributed by atoms with Gasteiger partial charge in [-0.05, 0) is 60.7 Å². The molecule has 0 aromatic heterocycles.